The molecule has 1 amide bonds. The molecular formula is C24H23N3O4S2. The van der Waals surface area contributed by atoms with Crippen molar-refractivity contribution in [2.75, 3.05) is 0 Å². The van der Waals surface area contributed by atoms with Crippen molar-refractivity contribution in [2.24, 2.45) is 0 Å². The number of hydrogen-bond donors (Lipinski definition) is 1. The summed E-state index contributed by atoms with van der Waals surface area (Å²) >= 11 is 1.03. The Morgan fingerprint density at radius 1 is 0.970 bits per heavy atom. The minimum absolute atomic E-state index is 0.0619. The number of nitrogens with zero attached hydrogens (tertiary/aromatic N) is 2. The molecule has 0 spiro atoms. The van der Waals surface area contributed by atoms with Gasteiger partial charge in [0.25, 0.3) is 21.5 Å². The van der Waals surface area contributed by atoms with Crippen LogP contribution in [0.5, 0.6) is 0 Å². The molecular weight excluding hydrogens is 458 g/mol. The normalized spacial score (nSPS) is 15.0. The Labute approximate surface area is 195 Å². The van der Waals surface area contributed by atoms with Crippen LogP contribution in [0.2, 0.25) is 0 Å². The average Bonchev–Trinajstić information content (AvgIpc) is 3.47. The monoisotopic (exact) mass is 481 g/mol. The first-order chi connectivity index (χ1) is 16.0. The molecule has 1 N–H and O–H groups in total. The first kappa shape index (κ1) is 21.7. The van der Waals surface area contributed by atoms with Gasteiger partial charge < -0.3 is 0 Å². The molecule has 7 nitrogen and oxygen atoms in total. The molecule has 170 valence electrons. The molecule has 1 saturated carbocycles. The third-order valence-electron chi connectivity index (χ3n) is 6.05. The topological polar surface area (TPSA) is 90.2 Å². The first-order valence-corrected chi connectivity index (χ1v) is 13.3. The maximum absolute atomic E-state index is 13.5. The number of benzene rings is 2. The van der Waals surface area contributed by atoms with Gasteiger partial charge in [0, 0.05) is 5.56 Å². The summed E-state index contributed by atoms with van der Waals surface area (Å²) in [6.45, 7) is 0. The second kappa shape index (κ2) is 8.64. The zero-order valence-electron chi connectivity index (χ0n) is 17.8. The van der Waals surface area contributed by atoms with Crippen LogP contribution < -0.4 is 10.3 Å². The zero-order valence-corrected chi connectivity index (χ0v) is 19.4. The van der Waals surface area contributed by atoms with E-state index in [0.717, 1.165) is 48.2 Å². The highest BCUT2D eigenvalue weighted by Crippen LogP contribution is 2.32. The average molecular weight is 482 g/mol. The predicted molar refractivity (Wildman–Crippen MR) is 129 cm³/mol. The van der Waals surface area contributed by atoms with Crippen LogP contribution in [0.3, 0.4) is 0 Å². The minimum Gasteiger partial charge on any atom is -0.274 e. The van der Waals surface area contributed by atoms with E-state index in [1.54, 1.807) is 28.3 Å². The fourth-order valence-electron chi connectivity index (χ4n) is 4.51. The Kier molecular flexibility index (Phi) is 5.67. The summed E-state index contributed by atoms with van der Waals surface area (Å²) in [4.78, 5) is 26.3. The molecule has 9 heteroatoms. The standard InChI is InChI=1S/C24H23N3O4S2/c28-23(25-33(30,31)22-12-7-15-32-22)17-13-14-21-20(16-17)24(29)27(19-10-5-2-6-11-19)26(21)18-8-3-1-4-9-18/h2,5-7,10-16,18H,1,3-4,8-9H2,(H,25,28). The third-order valence-corrected chi connectivity index (χ3v) is 8.78. The molecule has 5 rings (SSSR count). The number of rotatable bonds is 5. The molecule has 0 aliphatic heterocycles. The molecule has 4 aromatic rings. The molecule has 0 saturated heterocycles. The highest BCUT2D eigenvalue weighted by molar-refractivity contribution is 7.92. The fourth-order valence-corrected chi connectivity index (χ4v) is 6.48. The van der Waals surface area contributed by atoms with Crippen molar-refractivity contribution >= 4 is 38.2 Å². The number of sulfonamides is 1. The van der Waals surface area contributed by atoms with Crippen LogP contribution in [0.4, 0.5) is 0 Å². The number of aromatic nitrogens is 2. The van der Waals surface area contributed by atoms with E-state index in [-0.39, 0.29) is 21.4 Å². The maximum atomic E-state index is 13.5. The van der Waals surface area contributed by atoms with Crippen molar-refractivity contribution in [2.45, 2.75) is 42.4 Å². The summed E-state index contributed by atoms with van der Waals surface area (Å²) in [6, 6.07) is 17.5. The summed E-state index contributed by atoms with van der Waals surface area (Å²) < 4.78 is 30.8. The quantitative estimate of drug-likeness (QED) is 0.455. The zero-order chi connectivity index (χ0) is 23.0. The lowest BCUT2D eigenvalue weighted by molar-refractivity contribution is 0.0981. The maximum Gasteiger partial charge on any atom is 0.279 e. The predicted octanol–water partition coefficient (Wildman–Crippen LogP) is 4.48. The molecule has 33 heavy (non-hydrogen) atoms. The van der Waals surface area contributed by atoms with Crippen molar-refractivity contribution in [1.29, 1.82) is 0 Å². The molecule has 1 aliphatic rings. The number of para-hydroxylation sites is 1. The summed E-state index contributed by atoms with van der Waals surface area (Å²) in [5, 5.41) is 2.02. The molecule has 2 aromatic heterocycles. The van der Waals surface area contributed by atoms with Gasteiger partial charge in [-0.05, 0) is 54.6 Å². The lowest BCUT2D eigenvalue weighted by atomic mass is 9.95. The molecule has 1 fully saturated rings. The second-order valence-electron chi connectivity index (χ2n) is 8.19. The van der Waals surface area contributed by atoms with Gasteiger partial charge in [0.05, 0.1) is 22.6 Å². The lowest BCUT2D eigenvalue weighted by Crippen LogP contribution is -2.30. The number of nitrogens with one attached hydrogen (secondary N) is 1. The highest BCUT2D eigenvalue weighted by atomic mass is 32.2. The van der Waals surface area contributed by atoms with E-state index in [1.165, 1.54) is 18.6 Å². The van der Waals surface area contributed by atoms with Crippen LogP contribution in [0.25, 0.3) is 16.6 Å². The lowest BCUT2D eigenvalue weighted by Gasteiger charge is -2.26. The number of carbonyl (C=O) groups is 1. The third kappa shape index (κ3) is 4.02. The number of amides is 1. The van der Waals surface area contributed by atoms with E-state index in [2.05, 4.69) is 9.40 Å². The fraction of sp³-hybridized carbons (Fsp3) is 0.250. The van der Waals surface area contributed by atoms with Crippen LogP contribution in [0.1, 0.15) is 48.5 Å². The first-order valence-electron chi connectivity index (χ1n) is 10.9. The summed E-state index contributed by atoms with van der Waals surface area (Å²) in [5.41, 5.74) is 1.40. The van der Waals surface area contributed by atoms with Gasteiger partial charge in [-0.1, -0.05) is 43.5 Å². The second-order valence-corrected chi connectivity index (χ2v) is 11.0. The van der Waals surface area contributed by atoms with Gasteiger partial charge in [-0.2, -0.15) is 0 Å². The Balaban J connectivity index is 1.60. The molecule has 0 radical (unpaired) electrons. The van der Waals surface area contributed by atoms with E-state index in [0.29, 0.717) is 5.39 Å². The molecule has 0 unspecified atom stereocenters. The van der Waals surface area contributed by atoms with Crippen LogP contribution >= 0.6 is 11.3 Å². The van der Waals surface area contributed by atoms with Gasteiger partial charge in [0.2, 0.25) is 0 Å². The van der Waals surface area contributed by atoms with E-state index in [9.17, 15) is 18.0 Å². The number of carbonyl (C=O) groups excluding carboxylic acids is 1. The van der Waals surface area contributed by atoms with Crippen molar-refractivity contribution in [1.82, 2.24) is 14.1 Å². The van der Waals surface area contributed by atoms with Gasteiger partial charge in [-0.3, -0.25) is 14.3 Å². The highest BCUT2D eigenvalue weighted by Gasteiger charge is 2.25. The van der Waals surface area contributed by atoms with E-state index in [1.807, 2.05) is 30.3 Å². The van der Waals surface area contributed by atoms with E-state index in [4.69, 9.17) is 0 Å². The molecule has 2 aromatic carbocycles. The molecule has 0 bridgehead atoms. The van der Waals surface area contributed by atoms with Gasteiger partial charge in [-0.25, -0.2) is 17.8 Å². The molecule has 0 atom stereocenters. The van der Waals surface area contributed by atoms with Crippen molar-refractivity contribution in [3.63, 3.8) is 0 Å². The summed E-state index contributed by atoms with van der Waals surface area (Å²) in [5.74, 6) is -0.763. The Morgan fingerprint density at radius 3 is 2.42 bits per heavy atom. The smallest absolute Gasteiger partial charge is 0.274 e. The van der Waals surface area contributed by atoms with Crippen molar-refractivity contribution in [3.8, 4) is 5.69 Å². The van der Waals surface area contributed by atoms with Gasteiger partial charge >= 0.3 is 0 Å². The van der Waals surface area contributed by atoms with Gasteiger partial charge in [0.1, 0.15) is 4.21 Å². The van der Waals surface area contributed by atoms with Gasteiger partial charge in [-0.15, -0.1) is 11.3 Å². The van der Waals surface area contributed by atoms with Crippen LogP contribution in [0, 0.1) is 0 Å². The van der Waals surface area contributed by atoms with Gasteiger partial charge in [0.15, 0.2) is 0 Å². The van der Waals surface area contributed by atoms with E-state index >= 15 is 0 Å². The van der Waals surface area contributed by atoms with Crippen molar-refractivity contribution < 1.29 is 13.2 Å². The Bertz CT molecular complexity index is 1460. The SMILES string of the molecule is O=C(NS(=O)(=O)c1cccs1)c1ccc2c(c1)c(=O)n(-c1ccccc1)n2C1CCCCC1. The largest absolute Gasteiger partial charge is 0.279 e. The molecule has 2 heterocycles. The number of hydrogen-bond acceptors (Lipinski definition) is 5. The van der Waals surface area contributed by atoms with Crippen molar-refractivity contribution in [3.05, 3.63) is 82.0 Å². The summed E-state index contributed by atoms with van der Waals surface area (Å²) in [6.07, 6.45) is 5.37. The Morgan fingerprint density at radius 2 is 1.73 bits per heavy atom. The summed E-state index contributed by atoms with van der Waals surface area (Å²) in [7, 11) is -3.96. The van der Waals surface area contributed by atoms with Crippen LogP contribution in [-0.2, 0) is 10.0 Å². The number of fused-ring (bicyclic) bond motifs is 1. The van der Waals surface area contributed by atoms with Crippen LogP contribution in [-0.4, -0.2) is 23.7 Å². The molecule has 1 aliphatic carbocycles. The van der Waals surface area contributed by atoms with E-state index < -0.39 is 15.9 Å². The minimum atomic E-state index is -3.96. The number of thiophene rings is 1. The van der Waals surface area contributed by atoms with Crippen LogP contribution in [0.15, 0.2) is 75.0 Å². The Hall–Kier alpha value is -3.17.